The van der Waals surface area contributed by atoms with Crippen LogP contribution in [0.25, 0.3) is 0 Å². The molecule has 0 aromatic carbocycles. The number of aryl methyl sites for hydroxylation is 1. The van der Waals surface area contributed by atoms with Gasteiger partial charge in [-0.15, -0.1) is 0 Å². The third kappa shape index (κ3) is 3.16. The number of nitrogens with zero attached hydrogens (tertiary/aromatic N) is 3. The Morgan fingerprint density at radius 3 is 3.00 bits per heavy atom. The second-order valence-corrected chi connectivity index (χ2v) is 5.06. The molecule has 0 bridgehead atoms. The molecule has 4 heteroatoms. The van der Waals surface area contributed by atoms with Crippen molar-refractivity contribution in [2.24, 2.45) is 13.0 Å². The zero-order chi connectivity index (χ0) is 12.3. The van der Waals surface area contributed by atoms with Crippen molar-refractivity contribution in [1.82, 2.24) is 14.5 Å². The van der Waals surface area contributed by atoms with Crippen molar-refractivity contribution < 1.29 is 4.79 Å². The summed E-state index contributed by atoms with van der Waals surface area (Å²) in [6, 6.07) is 0. The first-order valence-electron chi connectivity index (χ1n) is 6.34. The highest BCUT2D eigenvalue weighted by atomic mass is 16.1. The SMILES string of the molecule is CN(Cc1nccn1C)CC1CCCCC1=O. The van der Waals surface area contributed by atoms with Gasteiger partial charge in [-0.25, -0.2) is 4.98 Å². The van der Waals surface area contributed by atoms with Crippen molar-refractivity contribution >= 4 is 5.78 Å². The van der Waals surface area contributed by atoms with Crippen LogP contribution < -0.4 is 0 Å². The minimum Gasteiger partial charge on any atom is -0.337 e. The van der Waals surface area contributed by atoms with E-state index in [9.17, 15) is 4.79 Å². The van der Waals surface area contributed by atoms with E-state index < -0.39 is 0 Å². The maximum atomic E-state index is 11.8. The second kappa shape index (κ2) is 5.45. The molecule has 0 saturated heterocycles. The Morgan fingerprint density at radius 1 is 1.53 bits per heavy atom. The average Bonchev–Trinajstić information content (AvgIpc) is 2.68. The number of carbonyl (C=O) groups excluding carboxylic acids is 1. The summed E-state index contributed by atoms with van der Waals surface area (Å²) in [6.45, 7) is 1.68. The molecule has 4 nitrogen and oxygen atoms in total. The smallest absolute Gasteiger partial charge is 0.137 e. The predicted octanol–water partition coefficient (Wildman–Crippen LogP) is 1.61. The molecule has 17 heavy (non-hydrogen) atoms. The zero-order valence-corrected chi connectivity index (χ0v) is 10.7. The lowest BCUT2D eigenvalue weighted by atomic mass is 9.88. The third-order valence-corrected chi connectivity index (χ3v) is 3.55. The van der Waals surface area contributed by atoms with E-state index in [0.717, 1.165) is 38.2 Å². The van der Waals surface area contributed by atoms with E-state index in [2.05, 4.69) is 16.9 Å². The standard InChI is InChI=1S/C13H21N3O/c1-15(10-13-14-7-8-16(13)2)9-11-5-3-4-6-12(11)17/h7-8,11H,3-6,9-10H2,1-2H3. The van der Waals surface area contributed by atoms with Crippen molar-refractivity contribution in [2.45, 2.75) is 32.2 Å². The summed E-state index contributed by atoms with van der Waals surface area (Å²) in [5, 5.41) is 0. The number of ketones is 1. The van der Waals surface area contributed by atoms with Gasteiger partial charge in [0.05, 0.1) is 6.54 Å². The monoisotopic (exact) mass is 235 g/mol. The van der Waals surface area contributed by atoms with E-state index in [1.807, 2.05) is 24.0 Å². The van der Waals surface area contributed by atoms with Gasteiger partial charge in [0.2, 0.25) is 0 Å². The van der Waals surface area contributed by atoms with Crippen LogP contribution in [0.3, 0.4) is 0 Å². The molecule has 0 amide bonds. The van der Waals surface area contributed by atoms with E-state index in [4.69, 9.17) is 0 Å². The average molecular weight is 235 g/mol. The lowest BCUT2D eigenvalue weighted by molar-refractivity contribution is -0.125. The van der Waals surface area contributed by atoms with Crippen LogP contribution >= 0.6 is 0 Å². The summed E-state index contributed by atoms with van der Waals surface area (Å²) >= 11 is 0. The molecule has 1 aliphatic carbocycles. The molecule has 1 aliphatic rings. The van der Waals surface area contributed by atoms with Gasteiger partial charge in [0.15, 0.2) is 0 Å². The van der Waals surface area contributed by atoms with Crippen LogP contribution in [0.15, 0.2) is 12.4 Å². The van der Waals surface area contributed by atoms with Crippen LogP contribution in [0.2, 0.25) is 0 Å². The Kier molecular flexibility index (Phi) is 3.94. The summed E-state index contributed by atoms with van der Waals surface area (Å²) in [7, 11) is 4.07. The van der Waals surface area contributed by atoms with Crippen LogP contribution in [0.1, 0.15) is 31.5 Å². The summed E-state index contributed by atoms with van der Waals surface area (Å²) in [5.74, 6) is 1.74. The number of Topliss-reactive ketones (excluding diaryl/α,β-unsaturated/α-hetero) is 1. The Morgan fingerprint density at radius 2 is 2.35 bits per heavy atom. The number of carbonyl (C=O) groups is 1. The number of aromatic nitrogens is 2. The molecule has 1 unspecified atom stereocenters. The highest BCUT2D eigenvalue weighted by Gasteiger charge is 2.23. The second-order valence-electron chi connectivity index (χ2n) is 5.06. The maximum absolute atomic E-state index is 11.8. The van der Waals surface area contributed by atoms with Crippen LogP contribution in [0.5, 0.6) is 0 Å². The number of hydrogen-bond donors (Lipinski definition) is 0. The fraction of sp³-hybridized carbons (Fsp3) is 0.692. The Balaban J connectivity index is 1.86. The zero-order valence-electron chi connectivity index (χ0n) is 10.7. The van der Waals surface area contributed by atoms with Gasteiger partial charge in [0, 0.05) is 38.3 Å². The summed E-state index contributed by atoms with van der Waals surface area (Å²) in [4.78, 5) is 18.3. The minimum atomic E-state index is 0.244. The maximum Gasteiger partial charge on any atom is 0.137 e. The summed E-state index contributed by atoms with van der Waals surface area (Å²) < 4.78 is 2.03. The Hall–Kier alpha value is -1.16. The highest BCUT2D eigenvalue weighted by molar-refractivity contribution is 5.81. The number of imidazole rings is 1. The van der Waals surface area contributed by atoms with Crippen LogP contribution in [-0.4, -0.2) is 33.8 Å². The van der Waals surface area contributed by atoms with Gasteiger partial charge in [0.25, 0.3) is 0 Å². The lowest BCUT2D eigenvalue weighted by Gasteiger charge is -2.25. The van der Waals surface area contributed by atoms with Gasteiger partial charge in [-0.05, 0) is 19.9 Å². The van der Waals surface area contributed by atoms with Crippen LogP contribution in [0, 0.1) is 5.92 Å². The Labute approximate surface area is 103 Å². The van der Waals surface area contributed by atoms with E-state index in [-0.39, 0.29) is 5.92 Å². The van der Waals surface area contributed by atoms with Crippen molar-refractivity contribution in [3.8, 4) is 0 Å². The van der Waals surface area contributed by atoms with E-state index in [1.54, 1.807) is 0 Å². The van der Waals surface area contributed by atoms with Crippen molar-refractivity contribution in [3.63, 3.8) is 0 Å². The van der Waals surface area contributed by atoms with Crippen molar-refractivity contribution in [1.29, 1.82) is 0 Å². The molecule has 2 rings (SSSR count). The van der Waals surface area contributed by atoms with Gasteiger partial charge in [-0.2, -0.15) is 0 Å². The van der Waals surface area contributed by atoms with Gasteiger partial charge < -0.3 is 4.57 Å². The van der Waals surface area contributed by atoms with Gasteiger partial charge >= 0.3 is 0 Å². The molecule has 1 heterocycles. The number of rotatable bonds is 4. The lowest BCUT2D eigenvalue weighted by Crippen LogP contribution is -2.32. The van der Waals surface area contributed by atoms with Crippen molar-refractivity contribution in [2.75, 3.05) is 13.6 Å². The fourth-order valence-electron chi connectivity index (χ4n) is 2.48. The molecule has 1 fully saturated rings. The quantitative estimate of drug-likeness (QED) is 0.796. The molecule has 0 N–H and O–H groups in total. The van der Waals surface area contributed by atoms with Crippen LogP contribution in [-0.2, 0) is 18.4 Å². The molecule has 1 aromatic heterocycles. The van der Waals surface area contributed by atoms with Gasteiger partial charge in [-0.1, -0.05) is 6.42 Å². The molecule has 0 spiro atoms. The first-order chi connectivity index (χ1) is 8.16. The van der Waals surface area contributed by atoms with Crippen molar-refractivity contribution in [3.05, 3.63) is 18.2 Å². The Bertz CT molecular complexity index is 386. The fourth-order valence-corrected chi connectivity index (χ4v) is 2.48. The molecule has 1 saturated carbocycles. The predicted molar refractivity (Wildman–Crippen MR) is 66.5 cm³/mol. The molecule has 0 aliphatic heterocycles. The molecule has 1 atom stereocenters. The molecule has 0 radical (unpaired) electrons. The number of hydrogen-bond acceptors (Lipinski definition) is 3. The van der Waals surface area contributed by atoms with E-state index in [0.29, 0.717) is 5.78 Å². The van der Waals surface area contributed by atoms with E-state index >= 15 is 0 Å². The summed E-state index contributed by atoms with van der Waals surface area (Å²) in [6.07, 6.45) is 7.89. The van der Waals surface area contributed by atoms with Gasteiger partial charge in [0.1, 0.15) is 11.6 Å². The van der Waals surface area contributed by atoms with Crippen LogP contribution in [0.4, 0.5) is 0 Å². The topological polar surface area (TPSA) is 38.1 Å². The largest absolute Gasteiger partial charge is 0.337 e. The summed E-state index contributed by atoms with van der Waals surface area (Å²) in [5.41, 5.74) is 0. The highest BCUT2D eigenvalue weighted by Crippen LogP contribution is 2.21. The first-order valence-corrected chi connectivity index (χ1v) is 6.34. The van der Waals surface area contributed by atoms with Gasteiger partial charge in [-0.3, -0.25) is 9.69 Å². The third-order valence-electron chi connectivity index (χ3n) is 3.55. The molecular weight excluding hydrogens is 214 g/mol. The normalized spacial score (nSPS) is 21.1. The van der Waals surface area contributed by atoms with E-state index in [1.165, 1.54) is 6.42 Å². The molecule has 94 valence electrons. The molecule has 1 aromatic rings. The molecular formula is C13H21N3O. The minimum absolute atomic E-state index is 0.244. The first kappa shape index (κ1) is 12.3.